The normalized spacial score (nSPS) is 9.25. The Bertz CT molecular complexity index is 8.00. The fraction of sp³-hybridized carbons (Fsp3) is 1.00. The van der Waals surface area contributed by atoms with E-state index in [2.05, 4.69) is 13.8 Å². The average Bonchev–Trinajstić information content (AvgIpc) is 0.811. The Morgan fingerprint density at radius 1 is 1.50 bits per heavy atom. The quantitative estimate of drug-likeness (QED) is 0.375. The average molecular weight is 78.1 g/mol. The number of rotatable bonds is 0. The van der Waals surface area contributed by atoms with Gasteiger partial charge in [-0.25, -0.2) is 0 Å². The van der Waals surface area contributed by atoms with Gasteiger partial charge in [-0.1, -0.05) is 0 Å². The Labute approximate surface area is 29.8 Å². The molecule has 0 fully saturated rings. The monoisotopic (exact) mass is 78.1 g/mol. The van der Waals surface area contributed by atoms with Crippen LogP contribution in [0, 0.1) is 0 Å². The molecule has 28 valence electrons. The van der Waals surface area contributed by atoms with Gasteiger partial charge in [-0.2, -0.15) is 0 Å². The van der Waals surface area contributed by atoms with Crippen LogP contribution in [0.3, 0.4) is 0 Å². The maximum absolute atomic E-state index is 2.23. The van der Waals surface area contributed by atoms with Gasteiger partial charge >= 0.3 is 28.7 Å². The number of hydrogen-bond acceptors (Lipinski definition) is 0. The van der Waals surface area contributed by atoms with Crippen molar-refractivity contribution in [2.45, 2.75) is 19.5 Å². The summed E-state index contributed by atoms with van der Waals surface area (Å²) in [6.07, 6.45) is 0. The van der Waals surface area contributed by atoms with Crippen LogP contribution in [0.1, 0.15) is 13.8 Å². The van der Waals surface area contributed by atoms with Crippen molar-refractivity contribution in [2.75, 3.05) is 0 Å². The van der Waals surface area contributed by atoms with E-state index in [1.165, 1.54) is 9.24 Å². The van der Waals surface area contributed by atoms with Crippen LogP contribution in [-0.2, 0) is 0 Å². The van der Waals surface area contributed by atoms with Crippen molar-refractivity contribution in [2.24, 2.45) is 0 Å². The molecule has 0 rings (SSSR count). The molecule has 0 aromatic rings. The van der Waals surface area contributed by atoms with E-state index >= 15 is 0 Å². The Kier molecular flexibility index (Phi) is 1.91. The minimum atomic E-state index is 0.972. The summed E-state index contributed by atoms with van der Waals surface area (Å²) >= 11 is 0. The molecule has 0 atom stereocenters. The summed E-state index contributed by atoms with van der Waals surface area (Å²) in [5.74, 6) is 0. The first kappa shape index (κ1) is 4.43. The van der Waals surface area contributed by atoms with Crippen LogP contribution in [0.25, 0.3) is 0 Å². The molecule has 0 nitrogen and oxygen atoms in total. The third-order valence-electron chi connectivity index (χ3n) is 0. The first-order valence-electron chi connectivity index (χ1n) is 1.73. The van der Waals surface area contributed by atoms with Crippen LogP contribution < -0.4 is 0 Å². The molecule has 0 aliphatic carbocycles. The predicted octanol–water partition coefficient (Wildman–Crippen LogP) is 0.734. The summed E-state index contributed by atoms with van der Waals surface area (Å²) < 4.78 is 0. The molecule has 0 saturated heterocycles. The third kappa shape index (κ3) is 26.9. The molecule has 0 N–H and O–H groups in total. The molecular formula is C3H11P. The molecule has 0 saturated carbocycles. The fourth-order valence-corrected chi connectivity index (χ4v) is 0. The Morgan fingerprint density at radius 2 is 1.50 bits per heavy atom. The molecule has 0 aromatic carbocycles. The van der Waals surface area contributed by atoms with Gasteiger partial charge in [0.2, 0.25) is 0 Å². The van der Waals surface area contributed by atoms with Crippen molar-refractivity contribution in [3.63, 3.8) is 0 Å². The Balaban J connectivity index is 2.32. The Hall–Kier alpha value is 0.430. The second-order valence-corrected chi connectivity index (χ2v) is 4.04. The first-order chi connectivity index (χ1) is 1.73. The van der Waals surface area contributed by atoms with Gasteiger partial charge in [-0.05, 0) is 0 Å². The van der Waals surface area contributed by atoms with Crippen LogP contribution in [-0.4, -0.2) is 5.66 Å². The van der Waals surface area contributed by atoms with Crippen LogP contribution >= 0.6 is 9.24 Å². The van der Waals surface area contributed by atoms with E-state index < -0.39 is 0 Å². The van der Waals surface area contributed by atoms with Crippen molar-refractivity contribution >= 4 is 9.24 Å². The molecule has 0 amide bonds. The van der Waals surface area contributed by atoms with Gasteiger partial charge in [0, 0.05) is 0 Å². The molecule has 0 radical (unpaired) electrons. The summed E-state index contributed by atoms with van der Waals surface area (Å²) in [5, 5.41) is 0. The topological polar surface area (TPSA) is 0 Å². The van der Waals surface area contributed by atoms with Crippen LogP contribution in [0.5, 0.6) is 0 Å². The number of hydrogen-bond donors (Lipinski definition) is 0. The fourth-order valence-electron chi connectivity index (χ4n) is 0. The van der Waals surface area contributed by atoms with Gasteiger partial charge in [0.1, 0.15) is 0 Å². The molecule has 0 bridgehead atoms. The van der Waals surface area contributed by atoms with Crippen LogP contribution in [0.15, 0.2) is 0 Å². The predicted molar refractivity (Wildman–Crippen MR) is 27.6 cm³/mol. The molecule has 0 spiro atoms. The van der Waals surface area contributed by atoms with Gasteiger partial charge in [-0.15, -0.1) is 0 Å². The minimum absolute atomic E-state index is 0.972. The van der Waals surface area contributed by atoms with E-state index in [-0.39, 0.29) is 0 Å². The standard InChI is InChI=1S/C3H11P/c1-3(2)4/h3H,1-2H3,4H4. The van der Waals surface area contributed by atoms with E-state index in [4.69, 9.17) is 0 Å². The summed E-state index contributed by atoms with van der Waals surface area (Å²) in [6.45, 7) is 4.46. The van der Waals surface area contributed by atoms with Gasteiger partial charge in [0.05, 0.1) is 0 Å². The summed E-state index contributed by atoms with van der Waals surface area (Å²) in [5.41, 5.74) is 0.972. The SMILES string of the molecule is CC(C)[PH4]. The molecule has 0 aliphatic heterocycles. The van der Waals surface area contributed by atoms with Crippen molar-refractivity contribution < 1.29 is 0 Å². The van der Waals surface area contributed by atoms with Crippen LogP contribution in [0.2, 0.25) is 0 Å². The van der Waals surface area contributed by atoms with Gasteiger partial charge in [0.15, 0.2) is 0 Å². The molecule has 1 heteroatoms. The molecular weight excluding hydrogens is 67.0 g/mol. The zero-order chi connectivity index (χ0) is 3.58. The molecule has 0 unspecified atom stereocenters. The van der Waals surface area contributed by atoms with Crippen molar-refractivity contribution in [3.8, 4) is 0 Å². The molecule has 0 heterocycles. The molecule has 0 aromatic heterocycles. The van der Waals surface area contributed by atoms with E-state index in [0.717, 1.165) is 5.66 Å². The van der Waals surface area contributed by atoms with Gasteiger partial charge in [-0.3, -0.25) is 0 Å². The molecule has 4 heavy (non-hydrogen) atoms. The van der Waals surface area contributed by atoms with Crippen LogP contribution in [0.4, 0.5) is 0 Å². The maximum atomic E-state index is 2.23. The van der Waals surface area contributed by atoms with Crippen molar-refractivity contribution in [1.29, 1.82) is 0 Å². The molecule has 0 aliphatic rings. The third-order valence-corrected chi connectivity index (χ3v) is 0. The first-order valence-corrected chi connectivity index (χ1v) is 2.89. The second-order valence-electron chi connectivity index (χ2n) is 1.73. The summed E-state index contributed by atoms with van der Waals surface area (Å²) in [4.78, 5) is 0. The van der Waals surface area contributed by atoms with E-state index in [9.17, 15) is 0 Å². The zero-order valence-electron chi connectivity index (χ0n) is 3.58. The van der Waals surface area contributed by atoms with Crippen molar-refractivity contribution in [3.05, 3.63) is 0 Å². The second kappa shape index (κ2) is 1.72. The van der Waals surface area contributed by atoms with E-state index in [0.29, 0.717) is 0 Å². The Morgan fingerprint density at radius 3 is 1.50 bits per heavy atom. The zero-order valence-corrected chi connectivity index (χ0v) is 5.58. The van der Waals surface area contributed by atoms with E-state index in [1.54, 1.807) is 0 Å². The van der Waals surface area contributed by atoms with Gasteiger partial charge < -0.3 is 0 Å². The van der Waals surface area contributed by atoms with Crippen molar-refractivity contribution in [1.82, 2.24) is 0 Å². The van der Waals surface area contributed by atoms with E-state index in [1.807, 2.05) is 0 Å². The van der Waals surface area contributed by atoms with Gasteiger partial charge in [0.25, 0.3) is 0 Å². The summed E-state index contributed by atoms with van der Waals surface area (Å²) in [7, 11) is 1.35. The summed E-state index contributed by atoms with van der Waals surface area (Å²) in [6, 6.07) is 0.